The third-order valence-electron chi connectivity index (χ3n) is 4.41. The van der Waals surface area contributed by atoms with Crippen molar-refractivity contribution in [1.82, 2.24) is 19.6 Å². The van der Waals surface area contributed by atoms with Gasteiger partial charge in [0.05, 0.1) is 11.8 Å². The van der Waals surface area contributed by atoms with Crippen molar-refractivity contribution in [2.45, 2.75) is 19.1 Å². The lowest BCUT2D eigenvalue weighted by atomic mass is 9.94. The van der Waals surface area contributed by atoms with Crippen LogP contribution in [0.5, 0.6) is 0 Å². The first-order chi connectivity index (χ1) is 9.63. The number of carbonyl (C=O) groups is 1. The van der Waals surface area contributed by atoms with Crippen molar-refractivity contribution >= 4 is 5.91 Å². The molecule has 3 heterocycles. The minimum atomic E-state index is 0.0950. The number of amides is 1. The summed E-state index contributed by atoms with van der Waals surface area (Å²) in [6, 6.07) is 2.06. The predicted octanol–water partition coefficient (Wildman–Crippen LogP) is 0.0992. The standard InChI is InChI=1S/C14H22N4O2/c1-16-7-11-8-18(9-12-3-5-15-17(12)2)6-4-13(11)20-10-14(16)19/h3,5,11,13H,4,6-10H2,1-2H3/t11-,13-/m0/s1. The number of rotatable bonds is 2. The number of aryl methyl sites for hydroxylation is 1. The Hall–Kier alpha value is -1.40. The number of aromatic nitrogens is 2. The number of carbonyl (C=O) groups excluding carboxylic acids is 1. The summed E-state index contributed by atoms with van der Waals surface area (Å²) < 4.78 is 7.68. The fourth-order valence-electron chi connectivity index (χ4n) is 3.15. The maximum atomic E-state index is 11.7. The number of likely N-dealkylation sites (tertiary alicyclic amines) is 1. The van der Waals surface area contributed by atoms with E-state index in [4.69, 9.17) is 4.74 Å². The van der Waals surface area contributed by atoms with Gasteiger partial charge in [-0.1, -0.05) is 0 Å². The average molecular weight is 278 g/mol. The van der Waals surface area contributed by atoms with E-state index in [1.54, 1.807) is 4.90 Å². The van der Waals surface area contributed by atoms with Crippen molar-refractivity contribution in [1.29, 1.82) is 0 Å². The van der Waals surface area contributed by atoms with Gasteiger partial charge >= 0.3 is 0 Å². The molecule has 0 radical (unpaired) electrons. The summed E-state index contributed by atoms with van der Waals surface area (Å²) in [7, 11) is 3.84. The van der Waals surface area contributed by atoms with Gasteiger partial charge in [0.25, 0.3) is 0 Å². The van der Waals surface area contributed by atoms with Crippen molar-refractivity contribution < 1.29 is 9.53 Å². The van der Waals surface area contributed by atoms with Gasteiger partial charge in [-0.2, -0.15) is 5.10 Å². The van der Waals surface area contributed by atoms with E-state index in [0.717, 1.165) is 32.6 Å². The molecule has 3 rings (SSSR count). The van der Waals surface area contributed by atoms with Crippen LogP contribution in [0.4, 0.5) is 0 Å². The molecule has 6 nitrogen and oxygen atoms in total. The second kappa shape index (κ2) is 5.54. The summed E-state index contributed by atoms with van der Waals surface area (Å²) in [6.07, 6.45) is 3.07. The quantitative estimate of drug-likeness (QED) is 0.770. The number of ether oxygens (including phenoxy) is 1. The third-order valence-corrected chi connectivity index (χ3v) is 4.41. The normalized spacial score (nSPS) is 28.3. The van der Waals surface area contributed by atoms with Crippen LogP contribution in [0.2, 0.25) is 0 Å². The molecule has 2 aliphatic rings. The molecule has 20 heavy (non-hydrogen) atoms. The molecule has 0 saturated carbocycles. The van der Waals surface area contributed by atoms with Crippen molar-refractivity contribution in [3.05, 3.63) is 18.0 Å². The summed E-state index contributed by atoms with van der Waals surface area (Å²) in [5.74, 6) is 0.506. The molecule has 0 bridgehead atoms. The first kappa shape index (κ1) is 13.6. The van der Waals surface area contributed by atoms with Crippen LogP contribution in [0.25, 0.3) is 0 Å². The lowest BCUT2D eigenvalue weighted by Crippen LogP contribution is -2.46. The highest BCUT2D eigenvalue weighted by Gasteiger charge is 2.34. The topological polar surface area (TPSA) is 50.6 Å². The van der Waals surface area contributed by atoms with Gasteiger partial charge < -0.3 is 9.64 Å². The molecule has 110 valence electrons. The fraction of sp³-hybridized carbons (Fsp3) is 0.714. The lowest BCUT2D eigenvalue weighted by Gasteiger charge is -2.37. The Balaban J connectivity index is 1.64. The molecule has 2 fully saturated rings. The molecular formula is C14H22N4O2. The highest BCUT2D eigenvalue weighted by atomic mass is 16.5. The van der Waals surface area contributed by atoms with E-state index in [1.165, 1.54) is 5.69 Å². The Labute approximate surface area is 119 Å². The lowest BCUT2D eigenvalue weighted by molar-refractivity contribution is -0.133. The van der Waals surface area contributed by atoms with Gasteiger partial charge in [0.15, 0.2) is 0 Å². The molecule has 0 aromatic carbocycles. The summed E-state index contributed by atoms with van der Waals surface area (Å²) >= 11 is 0. The summed E-state index contributed by atoms with van der Waals surface area (Å²) in [5.41, 5.74) is 1.22. The minimum Gasteiger partial charge on any atom is -0.368 e. The third kappa shape index (κ3) is 2.71. The smallest absolute Gasteiger partial charge is 0.248 e. The molecule has 1 aromatic heterocycles. The zero-order valence-corrected chi connectivity index (χ0v) is 12.2. The van der Waals surface area contributed by atoms with Crippen LogP contribution in [-0.2, 0) is 23.1 Å². The average Bonchev–Trinajstić information content (AvgIpc) is 2.76. The Kier molecular flexibility index (Phi) is 3.76. The maximum absolute atomic E-state index is 11.7. The molecule has 1 amide bonds. The van der Waals surface area contributed by atoms with Gasteiger partial charge in [-0.3, -0.25) is 14.4 Å². The van der Waals surface area contributed by atoms with Crippen molar-refractivity contribution in [2.24, 2.45) is 13.0 Å². The van der Waals surface area contributed by atoms with Crippen LogP contribution in [0.1, 0.15) is 12.1 Å². The molecular weight excluding hydrogens is 256 g/mol. The van der Waals surface area contributed by atoms with E-state index in [9.17, 15) is 4.79 Å². The summed E-state index contributed by atoms with van der Waals surface area (Å²) in [5, 5.41) is 4.21. The zero-order chi connectivity index (χ0) is 14.1. The molecule has 2 aliphatic heterocycles. The van der Waals surface area contributed by atoms with Crippen molar-refractivity contribution in [2.75, 3.05) is 33.3 Å². The van der Waals surface area contributed by atoms with Crippen LogP contribution in [-0.4, -0.2) is 64.9 Å². The Morgan fingerprint density at radius 1 is 1.40 bits per heavy atom. The van der Waals surface area contributed by atoms with Gasteiger partial charge in [-0.25, -0.2) is 0 Å². The van der Waals surface area contributed by atoms with Crippen LogP contribution in [0.3, 0.4) is 0 Å². The molecule has 0 N–H and O–H groups in total. The van der Waals surface area contributed by atoms with Gasteiger partial charge in [0, 0.05) is 52.4 Å². The van der Waals surface area contributed by atoms with E-state index in [-0.39, 0.29) is 18.6 Å². The Morgan fingerprint density at radius 2 is 2.25 bits per heavy atom. The second-order valence-electron chi connectivity index (χ2n) is 5.85. The van der Waals surface area contributed by atoms with Crippen LogP contribution in [0.15, 0.2) is 12.3 Å². The zero-order valence-electron chi connectivity index (χ0n) is 12.2. The van der Waals surface area contributed by atoms with Gasteiger partial charge in [-0.05, 0) is 12.5 Å². The van der Waals surface area contributed by atoms with E-state index in [2.05, 4.69) is 16.1 Å². The molecule has 0 unspecified atom stereocenters. The summed E-state index contributed by atoms with van der Waals surface area (Å²) in [6.45, 7) is 3.94. The van der Waals surface area contributed by atoms with E-state index in [0.29, 0.717) is 5.92 Å². The Bertz CT molecular complexity index is 487. The number of hydrogen-bond donors (Lipinski definition) is 0. The highest BCUT2D eigenvalue weighted by Crippen LogP contribution is 2.24. The SMILES string of the molecule is CN1C[C@H]2CN(Cc3ccnn3C)CC[C@@H]2OCC1=O. The Morgan fingerprint density at radius 3 is 3.00 bits per heavy atom. The fourth-order valence-corrected chi connectivity index (χ4v) is 3.15. The molecule has 0 spiro atoms. The number of likely N-dealkylation sites (N-methyl/N-ethyl adjacent to an activating group) is 1. The molecule has 1 aromatic rings. The number of fused-ring (bicyclic) bond motifs is 1. The summed E-state index contributed by atoms with van der Waals surface area (Å²) in [4.78, 5) is 16.0. The molecule has 0 aliphatic carbocycles. The van der Waals surface area contributed by atoms with Crippen molar-refractivity contribution in [3.8, 4) is 0 Å². The predicted molar refractivity (Wildman–Crippen MR) is 74.0 cm³/mol. The second-order valence-corrected chi connectivity index (χ2v) is 5.85. The molecule has 6 heteroatoms. The first-order valence-corrected chi connectivity index (χ1v) is 7.18. The maximum Gasteiger partial charge on any atom is 0.248 e. The van der Waals surface area contributed by atoms with Crippen LogP contribution < -0.4 is 0 Å². The first-order valence-electron chi connectivity index (χ1n) is 7.18. The largest absolute Gasteiger partial charge is 0.368 e. The van der Waals surface area contributed by atoms with E-state index in [1.807, 2.05) is 25.0 Å². The van der Waals surface area contributed by atoms with Crippen molar-refractivity contribution in [3.63, 3.8) is 0 Å². The number of nitrogens with zero attached hydrogens (tertiary/aromatic N) is 4. The highest BCUT2D eigenvalue weighted by molar-refractivity contribution is 5.77. The number of piperidine rings is 1. The van der Waals surface area contributed by atoms with Gasteiger partial charge in [-0.15, -0.1) is 0 Å². The van der Waals surface area contributed by atoms with Crippen LogP contribution in [0, 0.1) is 5.92 Å². The van der Waals surface area contributed by atoms with E-state index < -0.39 is 0 Å². The van der Waals surface area contributed by atoms with Gasteiger partial charge in [0.1, 0.15) is 6.61 Å². The molecule has 2 atom stereocenters. The monoisotopic (exact) mass is 278 g/mol. The minimum absolute atomic E-state index is 0.0950. The molecule has 2 saturated heterocycles. The van der Waals surface area contributed by atoms with Crippen LogP contribution >= 0.6 is 0 Å². The van der Waals surface area contributed by atoms with Gasteiger partial charge in [0.2, 0.25) is 5.91 Å². The van der Waals surface area contributed by atoms with E-state index >= 15 is 0 Å². The number of hydrogen-bond acceptors (Lipinski definition) is 4.